The Balaban J connectivity index is 1.76. The highest BCUT2D eigenvalue weighted by Crippen LogP contribution is 2.10. The number of amides is 1. The van der Waals surface area contributed by atoms with E-state index in [1.165, 1.54) is 22.9 Å². The number of halogens is 3. The molecule has 2 aromatic carbocycles. The van der Waals surface area contributed by atoms with Gasteiger partial charge in [0.1, 0.15) is 5.56 Å². The highest BCUT2D eigenvalue weighted by atomic mass is 127. The van der Waals surface area contributed by atoms with Crippen molar-refractivity contribution < 1.29 is 13.6 Å². The largest absolute Gasteiger partial charge is 0.348 e. The molecule has 0 fully saturated rings. The minimum Gasteiger partial charge on any atom is -0.348 e. The maximum Gasteiger partial charge on any atom is 0.263 e. The van der Waals surface area contributed by atoms with Gasteiger partial charge >= 0.3 is 0 Å². The molecule has 1 heterocycles. The van der Waals surface area contributed by atoms with Gasteiger partial charge in [-0.2, -0.15) is 0 Å². The summed E-state index contributed by atoms with van der Waals surface area (Å²) in [4.78, 5) is 25.0. The third kappa shape index (κ3) is 4.79. The first-order chi connectivity index (χ1) is 12.9. The Hall–Kier alpha value is -2.55. The molecule has 0 aliphatic rings. The van der Waals surface area contributed by atoms with Crippen molar-refractivity contribution in [3.8, 4) is 0 Å². The molecule has 0 unspecified atom stereocenters. The first-order valence-corrected chi connectivity index (χ1v) is 9.18. The molecule has 1 amide bonds. The fraction of sp³-hybridized carbons (Fsp3) is 0.100. The number of carbonyl (C=O) groups is 1. The van der Waals surface area contributed by atoms with Gasteiger partial charge in [0.05, 0.1) is 6.54 Å². The molecule has 0 bridgehead atoms. The Morgan fingerprint density at radius 2 is 1.81 bits per heavy atom. The number of nitrogens with one attached hydrogen (secondary N) is 1. The van der Waals surface area contributed by atoms with Crippen molar-refractivity contribution >= 4 is 28.5 Å². The molecule has 0 spiro atoms. The number of aromatic nitrogens is 1. The molecule has 0 radical (unpaired) electrons. The lowest BCUT2D eigenvalue weighted by molar-refractivity contribution is 0.0949. The summed E-state index contributed by atoms with van der Waals surface area (Å²) in [6, 6.07) is 14.1. The predicted molar refractivity (Wildman–Crippen MR) is 106 cm³/mol. The second kappa shape index (κ2) is 8.43. The van der Waals surface area contributed by atoms with Gasteiger partial charge in [0.15, 0.2) is 11.6 Å². The van der Waals surface area contributed by atoms with Gasteiger partial charge in [-0.1, -0.05) is 18.2 Å². The number of nitrogens with zero attached hydrogens (tertiary/aromatic N) is 1. The topological polar surface area (TPSA) is 51.1 Å². The summed E-state index contributed by atoms with van der Waals surface area (Å²) in [6.07, 6.45) is 1.50. The van der Waals surface area contributed by atoms with Crippen LogP contribution >= 0.6 is 22.6 Å². The van der Waals surface area contributed by atoms with Crippen LogP contribution in [-0.4, -0.2) is 10.5 Å². The average molecular weight is 480 g/mol. The van der Waals surface area contributed by atoms with Gasteiger partial charge in [0.2, 0.25) is 0 Å². The van der Waals surface area contributed by atoms with Gasteiger partial charge in [0, 0.05) is 16.3 Å². The predicted octanol–water partition coefficient (Wildman–Crippen LogP) is 3.71. The van der Waals surface area contributed by atoms with E-state index >= 15 is 0 Å². The zero-order valence-corrected chi connectivity index (χ0v) is 16.2. The van der Waals surface area contributed by atoms with E-state index in [1.54, 1.807) is 6.07 Å². The quantitative estimate of drug-likeness (QED) is 0.567. The van der Waals surface area contributed by atoms with Crippen LogP contribution in [0.3, 0.4) is 0 Å². The van der Waals surface area contributed by atoms with E-state index in [0.29, 0.717) is 12.1 Å². The van der Waals surface area contributed by atoms with Crippen LogP contribution in [-0.2, 0) is 13.1 Å². The maximum absolute atomic E-state index is 13.4. The molecule has 3 rings (SSSR count). The van der Waals surface area contributed by atoms with Crippen LogP contribution in [0.4, 0.5) is 8.78 Å². The summed E-state index contributed by atoms with van der Waals surface area (Å²) in [6.45, 7) is 0.335. The smallest absolute Gasteiger partial charge is 0.263 e. The van der Waals surface area contributed by atoms with Gasteiger partial charge in [-0.15, -0.1) is 0 Å². The molecule has 0 atom stereocenters. The molecule has 4 nitrogen and oxygen atoms in total. The van der Waals surface area contributed by atoms with E-state index in [1.807, 2.05) is 24.3 Å². The molecule has 0 aliphatic heterocycles. The molecule has 0 saturated carbocycles. The summed E-state index contributed by atoms with van der Waals surface area (Å²) < 4.78 is 28.7. The van der Waals surface area contributed by atoms with Gasteiger partial charge in [-0.3, -0.25) is 9.59 Å². The lowest BCUT2D eigenvalue weighted by atomic mass is 10.2. The second-order valence-electron chi connectivity index (χ2n) is 5.92. The van der Waals surface area contributed by atoms with Crippen LogP contribution in [0.15, 0.2) is 65.6 Å². The van der Waals surface area contributed by atoms with Gasteiger partial charge in [-0.05, 0) is 70.1 Å². The zero-order valence-electron chi connectivity index (χ0n) is 14.1. The summed E-state index contributed by atoms with van der Waals surface area (Å²) in [5.41, 5.74) is 0.841. The number of rotatable bonds is 5. The van der Waals surface area contributed by atoms with Crippen molar-refractivity contribution in [3.63, 3.8) is 0 Å². The van der Waals surface area contributed by atoms with E-state index < -0.39 is 23.1 Å². The Labute approximate surface area is 168 Å². The van der Waals surface area contributed by atoms with E-state index in [0.717, 1.165) is 21.3 Å². The summed E-state index contributed by atoms with van der Waals surface area (Å²) >= 11 is 2.18. The van der Waals surface area contributed by atoms with Crippen molar-refractivity contribution in [1.29, 1.82) is 0 Å². The van der Waals surface area contributed by atoms with Crippen molar-refractivity contribution in [3.05, 3.63) is 103 Å². The van der Waals surface area contributed by atoms with Crippen molar-refractivity contribution in [2.75, 3.05) is 0 Å². The molecule has 1 aromatic heterocycles. The lowest BCUT2D eigenvalue weighted by Gasteiger charge is -2.09. The Morgan fingerprint density at radius 3 is 2.56 bits per heavy atom. The zero-order chi connectivity index (χ0) is 19.4. The fourth-order valence-corrected chi connectivity index (χ4v) is 3.20. The second-order valence-corrected chi connectivity index (χ2v) is 7.16. The van der Waals surface area contributed by atoms with Gasteiger partial charge in [0.25, 0.3) is 11.5 Å². The molecule has 1 N–H and O–H groups in total. The summed E-state index contributed by atoms with van der Waals surface area (Å²) in [7, 11) is 0. The molecule has 3 aromatic rings. The van der Waals surface area contributed by atoms with Crippen LogP contribution in [0.2, 0.25) is 0 Å². The molecule has 7 heteroatoms. The highest BCUT2D eigenvalue weighted by molar-refractivity contribution is 14.1. The normalized spacial score (nSPS) is 10.6. The van der Waals surface area contributed by atoms with Crippen molar-refractivity contribution in [1.82, 2.24) is 9.88 Å². The van der Waals surface area contributed by atoms with Crippen molar-refractivity contribution in [2.45, 2.75) is 13.1 Å². The number of hydrogen-bond acceptors (Lipinski definition) is 2. The summed E-state index contributed by atoms with van der Waals surface area (Å²) in [5, 5.41) is 2.73. The molecule has 27 heavy (non-hydrogen) atoms. The number of carbonyl (C=O) groups excluding carboxylic acids is 1. The Kier molecular flexibility index (Phi) is 6.00. The standard InChI is InChI=1S/C20H15F2IN2O2/c21-17-7-6-14(10-18(17)22)12-25-8-2-5-16(20(25)27)19(26)24-11-13-3-1-4-15(23)9-13/h1-10H,11-12H2,(H,24,26). The van der Waals surface area contributed by atoms with E-state index in [2.05, 4.69) is 27.9 Å². The average Bonchev–Trinajstić information content (AvgIpc) is 2.64. The SMILES string of the molecule is O=C(NCc1cccc(I)c1)c1cccn(Cc2ccc(F)c(F)c2)c1=O. The maximum atomic E-state index is 13.4. The van der Waals surface area contributed by atoms with E-state index in [4.69, 9.17) is 0 Å². The highest BCUT2D eigenvalue weighted by Gasteiger charge is 2.13. The van der Waals surface area contributed by atoms with Crippen LogP contribution in [0, 0.1) is 15.2 Å². The third-order valence-corrected chi connectivity index (χ3v) is 4.61. The Morgan fingerprint density at radius 1 is 1.00 bits per heavy atom. The molecule has 0 aliphatic carbocycles. The molecular formula is C20H15F2IN2O2. The number of pyridine rings is 1. The molecule has 0 saturated heterocycles. The number of hydrogen-bond donors (Lipinski definition) is 1. The van der Waals surface area contributed by atoms with Gasteiger partial charge < -0.3 is 9.88 Å². The first-order valence-electron chi connectivity index (χ1n) is 8.10. The van der Waals surface area contributed by atoms with Crippen LogP contribution in [0.25, 0.3) is 0 Å². The monoisotopic (exact) mass is 480 g/mol. The van der Waals surface area contributed by atoms with Gasteiger partial charge in [-0.25, -0.2) is 8.78 Å². The minimum atomic E-state index is -0.980. The van der Waals surface area contributed by atoms with Crippen LogP contribution < -0.4 is 10.9 Å². The third-order valence-electron chi connectivity index (χ3n) is 3.94. The minimum absolute atomic E-state index is 0.00860. The number of benzene rings is 2. The first kappa shape index (κ1) is 19.2. The Bertz CT molecular complexity index is 1050. The lowest BCUT2D eigenvalue weighted by Crippen LogP contribution is -2.32. The van der Waals surface area contributed by atoms with Crippen LogP contribution in [0.1, 0.15) is 21.5 Å². The van der Waals surface area contributed by atoms with E-state index in [-0.39, 0.29) is 12.1 Å². The molecular weight excluding hydrogens is 465 g/mol. The molecule has 138 valence electrons. The fourth-order valence-electron chi connectivity index (χ4n) is 2.59. The summed E-state index contributed by atoms with van der Waals surface area (Å²) in [5.74, 6) is -2.42. The van der Waals surface area contributed by atoms with Crippen molar-refractivity contribution in [2.24, 2.45) is 0 Å². The van der Waals surface area contributed by atoms with Crippen LogP contribution in [0.5, 0.6) is 0 Å². The van der Waals surface area contributed by atoms with E-state index in [9.17, 15) is 18.4 Å².